The van der Waals surface area contributed by atoms with Gasteiger partial charge in [-0.25, -0.2) is 0 Å². The molecule has 78 valence electrons. The number of alkyl halides is 1. The molecule has 0 radical (unpaired) electrons. The second-order valence-corrected chi connectivity index (χ2v) is 3.88. The molecule has 3 heteroatoms. The molecule has 0 fully saturated rings. The zero-order chi connectivity index (χ0) is 10.3. The normalized spacial score (nSPS) is 18.8. The van der Waals surface area contributed by atoms with Gasteiger partial charge < -0.3 is 10.2 Å². The van der Waals surface area contributed by atoms with E-state index >= 15 is 0 Å². The molecule has 0 aromatic heterocycles. The zero-order valence-electron chi connectivity index (χ0n) is 8.28. The van der Waals surface area contributed by atoms with Crippen LogP contribution in [0.1, 0.15) is 33.1 Å². The van der Waals surface area contributed by atoms with Crippen molar-refractivity contribution in [2.45, 2.75) is 50.7 Å². The van der Waals surface area contributed by atoms with Crippen LogP contribution < -0.4 is 0 Å². The van der Waals surface area contributed by atoms with E-state index in [1.807, 2.05) is 19.1 Å². The van der Waals surface area contributed by atoms with Gasteiger partial charge in [0.05, 0.1) is 17.6 Å². The van der Waals surface area contributed by atoms with E-state index in [0.29, 0.717) is 6.42 Å². The fourth-order valence-electron chi connectivity index (χ4n) is 1.11. The van der Waals surface area contributed by atoms with Gasteiger partial charge in [-0.2, -0.15) is 0 Å². The third-order valence-corrected chi connectivity index (χ3v) is 2.35. The Morgan fingerprint density at radius 2 is 2.00 bits per heavy atom. The van der Waals surface area contributed by atoms with Gasteiger partial charge in [-0.3, -0.25) is 0 Å². The highest BCUT2D eigenvalue weighted by atomic mass is 35.5. The Hall–Kier alpha value is -0.0500. The number of halogens is 1. The van der Waals surface area contributed by atoms with Gasteiger partial charge in [0.1, 0.15) is 0 Å². The Balaban J connectivity index is 3.62. The molecule has 0 aliphatic heterocycles. The standard InChI is InChI=1S/C10H19ClO2/c1-3-4-5-6-9(11)10(13)7-8(2)12/h3-4,8-10,12-13H,5-7H2,1-2H3/b4-3+/t8-,9-,10+/m1/s1. The van der Waals surface area contributed by atoms with Crippen LogP contribution in [-0.2, 0) is 0 Å². The molecule has 0 aliphatic carbocycles. The van der Waals surface area contributed by atoms with Gasteiger partial charge in [0, 0.05) is 6.42 Å². The minimum atomic E-state index is -0.605. The summed E-state index contributed by atoms with van der Waals surface area (Å²) in [6, 6.07) is 0. The first-order valence-corrected chi connectivity index (χ1v) is 5.13. The fourth-order valence-corrected chi connectivity index (χ4v) is 1.34. The van der Waals surface area contributed by atoms with E-state index in [1.54, 1.807) is 6.92 Å². The molecular formula is C10H19ClO2. The summed E-state index contributed by atoms with van der Waals surface area (Å²) in [5.74, 6) is 0. The molecule has 2 N–H and O–H groups in total. The number of allylic oxidation sites excluding steroid dienone is 2. The maximum Gasteiger partial charge on any atom is 0.0728 e. The van der Waals surface area contributed by atoms with E-state index in [9.17, 15) is 5.11 Å². The monoisotopic (exact) mass is 206 g/mol. The Bertz CT molecular complexity index is 146. The van der Waals surface area contributed by atoms with Crippen LogP contribution in [0.25, 0.3) is 0 Å². The van der Waals surface area contributed by atoms with Crippen LogP contribution in [0.5, 0.6) is 0 Å². The molecule has 0 aliphatic rings. The highest BCUT2D eigenvalue weighted by molar-refractivity contribution is 6.21. The summed E-state index contributed by atoms with van der Waals surface area (Å²) >= 11 is 5.92. The van der Waals surface area contributed by atoms with E-state index in [4.69, 9.17) is 16.7 Å². The molecule has 0 rings (SSSR count). The van der Waals surface area contributed by atoms with Crippen molar-refractivity contribution in [2.24, 2.45) is 0 Å². The van der Waals surface area contributed by atoms with Crippen molar-refractivity contribution in [3.8, 4) is 0 Å². The lowest BCUT2D eigenvalue weighted by Gasteiger charge is -2.17. The molecule has 13 heavy (non-hydrogen) atoms. The quantitative estimate of drug-likeness (QED) is 0.516. The van der Waals surface area contributed by atoms with Crippen molar-refractivity contribution in [3.63, 3.8) is 0 Å². The summed E-state index contributed by atoms with van der Waals surface area (Å²) in [7, 11) is 0. The van der Waals surface area contributed by atoms with E-state index in [1.165, 1.54) is 0 Å². The molecule has 2 nitrogen and oxygen atoms in total. The second kappa shape index (κ2) is 7.36. The average molecular weight is 207 g/mol. The lowest BCUT2D eigenvalue weighted by Crippen LogP contribution is -2.24. The Labute approximate surface area is 85.2 Å². The number of hydrogen-bond acceptors (Lipinski definition) is 2. The number of aliphatic hydroxyl groups excluding tert-OH is 2. The van der Waals surface area contributed by atoms with Crippen LogP contribution in [0.2, 0.25) is 0 Å². The highest BCUT2D eigenvalue weighted by Gasteiger charge is 2.17. The van der Waals surface area contributed by atoms with Crippen LogP contribution in [0.15, 0.2) is 12.2 Å². The zero-order valence-corrected chi connectivity index (χ0v) is 9.04. The predicted molar refractivity (Wildman–Crippen MR) is 56.0 cm³/mol. The molecule has 0 aromatic carbocycles. The van der Waals surface area contributed by atoms with Crippen molar-refractivity contribution in [2.75, 3.05) is 0 Å². The number of hydrogen-bond donors (Lipinski definition) is 2. The Kier molecular flexibility index (Phi) is 7.33. The molecule has 0 saturated carbocycles. The maximum atomic E-state index is 9.47. The molecule has 0 unspecified atom stereocenters. The Morgan fingerprint density at radius 1 is 1.38 bits per heavy atom. The third-order valence-electron chi connectivity index (χ3n) is 1.84. The second-order valence-electron chi connectivity index (χ2n) is 3.31. The van der Waals surface area contributed by atoms with Gasteiger partial charge in [-0.1, -0.05) is 12.2 Å². The van der Waals surface area contributed by atoms with Crippen LogP contribution in [0.3, 0.4) is 0 Å². The Morgan fingerprint density at radius 3 is 2.46 bits per heavy atom. The molecule has 0 heterocycles. The average Bonchev–Trinajstić information content (AvgIpc) is 2.03. The summed E-state index contributed by atoms with van der Waals surface area (Å²) in [5, 5.41) is 18.2. The van der Waals surface area contributed by atoms with Crippen LogP contribution in [0, 0.1) is 0 Å². The van der Waals surface area contributed by atoms with Crippen LogP contribution >= 0.6 is 11.6 Å². The number of aliphatic hydroxyl groups is 2. The van der Waals surface area contributed by atoms with Crippen molar-refractivity contribution < 1.29 is 10.2 Å². The largest absolute Gasteiger partial charge is 0.393 e. The minimum absolute atomic E-state index is 0.259. The third kappa shape index (κ3) is 7.05. The first kappa shape index (κ1) is 12.9. The van der Waals surface area contributed by atoms with Crippen molar-refractivity contribution in [3.05, 3.63) is 12.2 Å². The first-order chi connectivity index (χ1) is 6.07. The molecule has 0 amide bonds. The van der Waals surface area contributed by atoms with Crippen molar-refractivity contribution >= 4 is 11.6 Å². The van der Waals surface area contributed by atoms with Gasteiger partial charge in [0.2, 0.25) is 0 Å². The predicted octanol–water partition coefficient (Wildman–Crippen LogP) is 2.08. The summed E-state index contributed by atoms with van der Waals surface area (Å²) in [6.45, 7) is 3.61. The fraction of sp³-hybridized carbons (Fsp3) is 0.800. The number of rotatable bonds is 6. The molecule has 3 atom stereocenters. The molecule has 0 saturated heterocycles. The SMILES string of the molecule is C/C=C/CC[C@@H](Cl)[C@@H](O)C[C@@H](C)O. The highest BCUT2D eigenvalue weighted by Crippen LogP contribution is 2.14. The molecular weight excluding hydrogens is 188 g/mol. The minimum Gasteiger partial charge on any atom is -0.393 e. The van der Waals surface area contributed by atoms with Crippen LogP contribution in [-0.4, -0.2) is 27.8 Å². The molecule has 0 bridgehead atoms. The van der Waals surface area contributed by atoms with Gasteiger partial charge >= 0.3 is 0 Å². The first-order valence-electron chi connectivity index (χ1n) is 4.69. The van der Waals surface area contributed by atoms with Crippen LogP contribution in [0.4, 0.5) is 0 Å². The topological polar surface area (TPSA) is 40.5 Å². The van der Waals surface area contributed by atoms with E-state index in [2.05, 4.69) is 0 Å². The van der Waals surface area contributed by atoms with Crippen molar-refractivity contribution in [1.29, 1.82) is 0 Å². The van der Waals surface area contributed by atoms with E-state index in [0.717, 1.165) is 12.8 Å². The summed E-state index contributed by atoms with van der Waals surface area (Å²) in [6.07, 6.45) is 4.87. The van der Waals surface area contributed by atoms with Gasteiger partial charge in [-0.05, 0) is 26.7 Å². The summed E-state index contributed by atoms with van der Waals surface area (Å²) in [4.78, 5) is 0. The van der Waals surface area contributed by atoms with Gasteiger partial charge in [0.15, 0.2) is 0 Å². The lowest BCUT2D eigenvalue weighted by atomic mass is 10.1. The maximum absolute atomic E-state index is 9.47. The smallest absolute Gasteiger partial charge is 0.0728 e. The molecule has 0 spiro atoms. The lowest BCUT2D eigenvalue weighted by molar-refractivity contribution is 0.0864. The van der Waals surface area contributed by atoms with E-state index < -0.39 is 12.2 Å². The van der Waals surface area contributed by atoms with Gasteiger partial charge in [-0.15, -0.1) is 11.6 Å². The van der Waals surface area contributed by atoms with Gasteiger partial charge in [0.25, 0.3) is 0 Å². The molecule has 0 aromatic rings. The van der Waals surface area contributed by atoms with E-state index in [-0.39, 0.29) is 5.38 Å². The summed E-state index contributed by atoms with van der Waals surface area (Å²) in [5.41, 5.74) is 0. The van der Waals surface area contributed by atoms with Crippen molar-refractivity contribution in [1.82, 2.24) is 0 Å². The summed E-state index contributed by atoms with van der Waals surface area (Å²) < 4.78 is 0.